The lowest BCUT2D eigenvalue weighted by atomic mass is 9.91. The molecule has 0 aliphatic heterocycles. The maximum atomic E-state index is 13.0. The summed E-state index contributed by atoms with van der Waals surface area (Å²) in [5.41, 5.74) is 0.904. The summed E-state index contributed by atoms with van der Waals surface area (Å²) >= 11 is 0. The molecule has 0 bridgehead atoms. The minimum absolute atomic E-state index is 0.0656. The lowest BCUT2D eigenvalue weighted by molar-refractivity contribution is -0.109. The Balaban J connectivity index is 2.34. The van der Waals surface area contributed by atoms with Gasteiger partial charge in [-0.3, -0.25) is 0 Å². The molecule has 2 atom stereocenters. The molecular formula is C12H13FO. The fourth-order valence-electron chi connectivity index (χ4n) is 2.25. The molecule has 0 N–H and O–H groups in total. The van der Waals surface area contributed by atoms with Crippen LogP contribution in [0, 0.1) is 11.7 Å². The molecule has 1 fully saturated rings. The minimum atomic E-state index is -0.216. The Hall–Kier alpha value is -1.18. The quantitative estimate of drug-likeness (QED) is 0.673. The van der Waals surface area contributed by atoms with Gasteiger partial charge in [-0.25, -0.2) is 4.39 Å². The average molecular weight is 192 g/mol. The predicted molar refractivity (Wildman–Crippen MR) is 52.5 cm³/mol. The zero-order chi connectivity index (χ0) is 10.2. The summed E-state index contributed by atoms with van der Waals surface area (Å²) in [4.78, 5) is 10.7. The van der Waals surface area contributed by atoms with Crippen molar-refractivity contribution in [1.82, 2.24) is 0 Å². The third-order valence-corrected chi connectivity index (χ3v) is 3.33. The van der Waals surface area contributed by atoms with Crippen molar-refractivity contribution in [2.24, 2.45) is 5.92 Å². The van der Waals surface area contributed by atoms with Crippen molar-refractivity contribution in [3.05, 3.63) is 35.6 Å². The Morgan fingerprint density at radius 2 is 2.43 bits per heavy atom. The van der Waals surface area contributed by atoms with E-state index in [1.165, 1.54) is 6.07 Å². The van der Waals surface area contributed by atoms with E-state index in [0.717, 1.165) is 24.7 Å². The molecule has 0 amide bonds. The molecular weight excluding hydrogens is 179 g/mol. The third kappa shape index (κ3) is 1.26. The van der Waals surface area contributed by atoms with Crippen LogP contribution in [-0.4, -0.2) is 6.29 Å². The Bertz CT molecular complexity index is 361. The van der Waals surface area contributed by atoms with Gasteiger partial charge in [0.2, 0.25) is 0 Å². The van der Waals surface area contributed by atoms with Gasteiger partial charge in [0.1, 0.15) is 12.1 Å². The molecule has 14 heavy (non-hydrogen) atoms. The van der Waals surface area contributed by atoms with Crippen LogP contribution in [-0.2, 0) is 10.2 Å². The summed E-state index contributed by atoms with van der Waals surface area (Å²) < 4.78 is 13.0. The number of aldehydes is 1. The van der Waals surface area contributed by atoms with Gasteiger partial charge >= 0.3 is 0 Å². The molecule has 0 spiro atoms. The molecule has 1 aromatic rings. The molecule has 1 aliphatic rings. The van der Waals surface area contributed by atoms with Crippen LogP contribution in [0.5, 0.6) is 0 Å². The van der Waals surface area contributed by atoms with Gasteiger partial charge in [0, 0.05) is 11.3 Å². The summed E-state index contributed by atoms with van der Waals surface area (Å²) in [6.07, 6.45) is 2.77. The largest absolute Gasteiger partial charge is 0.303 e. The van der Waals surface area contributed by atoms with Gasteiger partial charge in [0.05, 0.1) is 0 Å². The molecule has 0 radical (unpaired) electrons. The molecule has 1 saturated carbocycles. The first kappa shape index (κ1) is 9.38. The molecule has 74 valence electrons. The minimum Gasteiger partial charge on any atom is -0.303 e. The average Bonchev–Trinajstić information content (AvgIpc) is 2.93. The van der Waals surface area contributed by atoms with Gasteiger partial charge in [0.25, 0.3) is 0 Å². The summed E-state index contributed by atoms with van der Waals surface area (Å²) in [5, 5.41) is 0. The highest BCUT2D eigenvalue weighted by atomic mass is 19.1. The highest BCUT2D eigenvalue weighted by Crippen LogP contribution is 2.55. The highest BCUT2D eigenvalue weighted by molar-refractivity contribution is 5.64. The fourth-order valence-corrected chi connectivity index (χ4v) is 2.25. The lowest BCUT2D eigenvalue weighted by Crippen LogP contribution is -2.09. The molecule has 0 unspecified atom stereocenters. The van der Waals surface area contributed by atoms with Crippen LogP contribution in [0.2, 0.25) is 0 Å². The molecule has 2 rings (SSSR count). The smallest absolute Gasteiger partial charge is 0.123 e. The number of carbonyl (C=O) groups excluding carboxylic acids is 1. The molecule has 0 heterocycles. The van der Waals surface area contributed by atoms with E-state index in [2.05, 4.69) is 6.92 Å². The van der Waals surface area contributed by atoms with E-state index in [4.69, 9.17) is 0 Å². The molecule has 1 aromatic carbocycles. The summed E-state index contributed by atoms with van der Waals surface area (Å²) in [6, 6.07) is 6.61. The number of halogens is 1. The van der Waals surface area contributed by atoms with Crippen LogP contribution < -0.4 is 0 Å². The Morgan fingerprint density at radius 3 is 2.93 bits per heavy atom. The second-order valence-electron chi connectivity index (χ2n) is 3.97. The topological polar surface area (TPSA) is 17.1 Å². The second-order valence-corrected chi connectivity index (χ2v) is 3.97. The van der Waals surface area contributed by atoms with Crippen LogP contribution in [0.3, 0.4) is 0 Å². The van der Waals surface area contributed by atoms with Gasteiger partial charge < -0.3 is 4.79 Å². The maximum absolute atomic E-state index is 13.0. The summed E-state index contributed by atoms with van der Waals surface area (Å²) in [6.45, 7) is 2.05. The Morgan fingerprint density at radius 1 is 1.64 bits per heavy atom. The molecule has 2 heteroatoms. The van der Waals surface area contributed by atoms with Gasteiger partial charge in [0.15, 0.2) is 0 Å². The Kier molecular flexibility index (Phi) is 2.14. The number of rotatable bonds is 3. The van der Waals surface area contributed by atoms with Crippen LogP contribution in [0.4, 0.5) is 4.39 Å². The van der Waals surface area contributed by atoms with E-state index in [9.17, 15) is 9.18 Å². The van der Waals surface area contributed by atoms with Gasteiger partial charge in [-0.15, -0.1) is 0 Å². The molecule has 0 saturated heterocycles. The first-order valence-electron chi connectivity index (χ1n) is 4.94. The van der Waals surface area contributed by atoms with Crippen molar-refractivity contribution >= 4 is 6.29 Å². The van der Waals surface area contributed by atoms with E-state index in [1.807, 2.05) is 6.07 Å². The number of carbonyl (C=O) groups is 1. The second kappa shape index (κ2) is 3.19. The zero-order valence-corrected chi connectivity index (χ0v) is 8.16. The standard InChI is InChI=1S/C12H13FO/c1-2-12(7-10(12)8-14)9-4-3-5-11(13)6-9/h3-6,8,10H,2,7H2,1H3/t10-,12-/m0/s1. The normalized spacial score (nSPS) is 30.0. The SMILES string of the molecule is CC[C@@]1(c2cccc(F)c2)C[C@H]1C=O. The summed E-state index contributed by atoms with van der Waals surface area (Å²) in [7, 11) is 0. The van der Waals surface area contributed by atoms with Crippen molar-refractivity contribution < 1.29 is 9.18 Å². The first-order chi connectivity index (χ1) is 6.73. The van der Waals surface area contributed by atoms with E-state index >= 15 is 0 Å². The van der Waals surface area contributed by atoms with Gasteiger partial charge in [-0.2, -0.15) is 0 Å². The zero-order valence-electron chi connectivity index (χ0n) is 8.16. The van der Waals surface area contributed by atoms with Crippen molar-refractivity contribution in [2.45, 2.75) is 25.2 Å². The van der Waals surface area contributed by atoms with E-state index in [0.29, 0.717) is 0 Å². The van der Waals surface area contributed by atoms with E-state index in [1.54, 1.807) is 12.1 Å². The number of hydrogen-bond donors (Lipinski definition) is 0. The molecule has 1 nitrogen and oxygen atoms in total. The van der Waals surface area contributed by atoms with E-state index < -0.39 is 0 Å². The first-order valence-corrected chi connectivity index (χ1v) is 4.94. The third-order valence-electron chi connectivity index (χ3n) is 3.33. The van der Waals surface area contributed by atoms with Gasteiger partial charge in [-0.05, 0) is 30.5 Å². The van der Waals surface area contributed by atoms with Crippen LogP contribution in [0.15, 0.2) is 24.3 Å². The van der Waals surface area contributed by atoms with Crippen LogP contribution in [0.1, 0.15) is 25.3 Å². The van der Waals surface area contributed by atoms with Crippen molar-refractivity contribution in [1.29, 1.82) is 0 Å². The van der Waals surface area contributed by atoms with Crippen molar-refractivity contribution in [3.63, 3.8) is 0 Å². The lowest BCUT2D eigenvalue weighted by Gasteiger charge is -2.13. The molecule has 1 aliphatic carbocycles. The predicted octanol–water partition coefficient (Wildman–Crippen LogP) is 2.69. The van der Waals surface area contributed by atoms with E-state index in [-0.39, 0.29) is 17.2 Å². The van der Waals surface area contributed by atoms with Gasteiger partial charge in [-0.1, -0.05) is 19.1 Å². The number of hydrogen-bond acceptors (Lipinski definition) is 1. The maximum Gasteiger partial charge on any atom is 0.123 e. The van der Waals surface area contributed by atoms with Crippen LogP contribution in [0.25, 0.3) is 0 Å². The van der Waals surface area contributed by atoms with Crippen LogP contribution >= 0.6 is 0 Å². The monoisotopic (exact) mass is 192 g/mol. The Labute approximate surface area is 82.9 Å². The highest BCUT2D eigenvalue weighted by Gasteiger charge is 2.53. The van der Waals surface area contributed by atoms with Crippen molar-refractivity contribution in [3.8, 4) is 0 Å². The summed E-state index contributed by atoms with van der Waals surface area (Å²) in [5.74, 6) is -0.124. The fraction of sp³-hybridized carbons (Fsp3) is 0.417. The van der Waals surface area contributed by atoms with Crippen molar-refractivity contribution in [2.75, 3.05) is 0 Å². The number of benzene rings is 1. The molecule has 0 aromatic heterocycles.